The van der Waals surface area contributed by atoms with Crippen LogP contribution in [-0.2, 0) is 13.0 Å². The first-order valence-corrected chi connectivity index (χ1v) is 8.66. The Hall–Kier alpha value is -3.22. The van der Waals surface area contributed by atoms with Crippen LogP contribution >= 0.6 is 0 Å². The number of rotatable bonds is 3. The third-order valence-electron chi connectivity index (χ3n) is 4.57. The highest BCUT2D eigenvalue weighted by Gasteiger charge is 2.25. The molecule has 3 heterocycles. The fourth-order valence-corrected chi connectivity index (χ4v) is 3.25. The van der Waals surface area contributed by atoms with Gasteiger partial charge in [-0.2, -0.15) is 5.10 Å². The van der Waals surface area contributed by atoms with Crippen LogP contribution < -0.4 is 10.9 Å². The monoisotopic (exact) mass is 349 g/mol. The molecule has 4 rings (SSSR count). The molecule has 0 saturated heterocycles. The number of benzene rings is 1. The molecule has 26 heavy (non-hydrogen) atoms. The number of hydrogen-bond donors (Lipinski definition) is 2. The summed E-state index contributed by atoms with van der Waals surface area (Å²) in [4.78, 5) is 29.8. The van der Waals surface area contributed by atoms with E-state index in [2.05, 4.69) is 20.5 Å². The SMILES string of the molecule is CCNc1cc2c(nn1)CCN(C(=O)c1cc3ccccc3[nH]c1=O)C2. The Morgan fingerprint density at radius 2 is 2.12 bits per heavy atom. The zero-order valence-electron chi connectivity index (χ0n) is 14.5. The van der Waals surface area contributed by atoms with E-state index in [4.69, 9.17) is 0 Å². The van der Waals surface area contributed by atoms with Crippen LogP contribution in [0.2, 0.25) is 0 Å². The van der Waals surface area contributed by atoms with Gasteiger partial charge in [-0.15, -0.1) is 5.10 Å². The number of aromatic nitrogens is 3. The average molecular weight is 349 g/mol. The summed E-state index contributed by atoms with van der Waals surface area (Å²) in [5.74, 6) is 0.438. The van der Waals surface area contributed by atoms with E-state index in [1.54, 1.807) is 11.0 Å². The van der Waals surface area contributed by atoms with Gasteiger partial charge in [0.05, 0.1) is 5.69 Å². The normalized spacial score (nSPS) is 13.5. The molecule has 0 radical (unpaired) electrons. The van der Waals surface area contributed by atoms with E-state index < -0.39 is 0 Å². The molecule has 0 bridgehead atoms. The molecule has 0 aliphatic carbocycles. The first-order valence-electron chi connectivity index (χ1n) is 8.66. The van der Waals surface area contributed by atoms with E-state index in [1.165, 1.54) is 0 Å². The number of para-hydroxylation sites is 1. The van der Waals surface area contributed by atoms with Gasteiger partial charge in [0.25, 0.3) is 11.5 Å². The zero-order chi connectivity index (χ0) is 18.1. The summed E-state index contributed by atoms with van der Waals surface area (Å²) in [7, 11) is 0. The van der Waals surface area contributed by atoms with E-state index in [0.717, 1.165) is 28.7 Å². The van der Waals surface area contributed by atoms with E-state index in [1.807, 2.05) is 37.3 Å². The van der Waals surface area contributed by atoms with E-state index >= 15 is 0 Å². The molecule has 1 amide bonds. The molecule has 2 N–H and O–H groups in total. The number of nitrogens with one attached hydrogen (secondary N) is 2. The maximum Gasteiger partial charge on any atom is 0.261 e. The summed E-state index contributed by atoms with van der Waals surface area (Å²) in [6.45, 7) is 3.69. The number of carbonyl (C=O) groups is 1. The van der Waals surface area contributed by atoms with Gasteiger partial charge in [-0.05, 0) is 36.1 Å². The zero-order valence-corrected chi connectivity index (χ0v) is 14.5. The molecule has 0 fully saturated rings. The molecule has 132 valence electrons. The second-order valence-corrected chi connectivity index (χ2v) is 6.31. The van der Waals surface area contributed by atoms with Crippen molar-refractivity contribution in [1.82, 2.24) is 20.1 Å². The molecule has 2 aromatic heterocycles. The number of anilines is 1. The quantitative estimate of drug-likeness (QED) is 0.754. The molecule has 7 heteroatoms. The van der Waals surface area contributed by atoms with Gasteiger partial charge in [0, 0.05) is 31.6 Å². The molecular weight excluding hydrogens is 330 g/mol. The summed E-state index contributed by atoms with van der Waals surface area (Å²) in [6.07, 6.45) is 0.631. The number of nitrogens with zero attached hydrogens (tertiary/aromatic N) is 3. The first kappa shape index (κ1) is 16.3. The lowest BCUT2D eigenvalue weighted by Gasteiger charge is -2.28. The van der Waals surface area contributed by atoms with E-state index in [-0.39, 0.29) is 17.0 Å². The lowest BCUT2D eigenvalue weighted by molar-refractivity contribution is 0.0731. The molecule has 0 saturated carbocycles. The summed E-state index contributed by atoms with van der Waals surface area (Å²) >= 11 is 0. The Morgan fingerprint density at radius 3 is 2.96 bits per heavy atom. The molecule has 1 aliphatic rings. The van der Waals surface area contributed by atoms with Crippen LogP contribution in [-0.4, -0.2) is 39.1 Å². The molecule has 0 spiro atoms. The second kappa shape index (κ2) is 6.59. The van der Waals surface area contributed by atoms with Gasteiger partial charge in [0.15, 0.2) is 0 Å². The van der Waals surface area contributed by atoms with Gasteiger partial charge >= 0.3 is 0 Å². The Bertz CT molecular complexity index is 1040. The highest BCUT2D eigenvalue weighted by Crippen LogP contribution is 2.20. The van der Waals surface area contributed by atoms with Crippen molar-refractivity contribution in [2.24, 2.45) is 0 Å². The number of carbonyl (C=O) groups excluding carboxylic acids is 1. The van der Waals surface area contributed by atoms with Crippen molar-refractivity contribution in [3.8, 4) is 0 Å². The van der Waals surface area contributed by atoms with Crippen LogP contribution in [0.4, 0.5) is 5.82 Å². The number of H-pyrrole nitrogens is 1. The Kier molecular flexibility index (Phi) is 4.12. The number of hydrogen-bond acceptors (Lipinski definition) is 5. The van der Waals surface area contributed by atoms with Crippen molar-refractivity contribution in [1.29, 1.82) is 0 Å². The van der Waals surface area contributed by atoms with E-state index in [0.29, 0.717) is 25.3 Å². The third kappa shape index (κ3) is 2.92. The van der Waals surface area contributed by atoms with Crippen molar-refractivity contribution in [3.63, 3.8) is 0 Å². The summed E-state index contributed by atoms with van der Waals surface area (Å²) < 4.78 is 0. The minimum Gasteiger partial charge on any atom is -0.369 e. The second-order valence-electron chi connectivity index (χ2n) is 6.31. The summed E-state index contributed by atoms with van der Waals surface area (Å²) in [6, 6.07) is 11.0. The predicted octanol–water partition coefficient (Wildman–Crippen LogP) is 1.95. The van der Waals surface area contributed by atoms with Crippen molar-refractivity contribution >= 4 is 22.6 Å². The van der Waals surface area contributed by atoms with Crippen LogP contribution in [0.15, 0.2) is 41.2 Å². The Morgan fingerprint density at radius 1 is 1.27 bits per heavy atom. The highest BCUT2D eigenvalue weighted by molar-refractivity contribution is 5.97. The van der Waals surface area contributed by atoms with Gasteiger partial charge < -0.3 is 15.2 Å². The maximum atomic E-state index is 12.9. The van der Waals surface area contributed by atoms with E-state index in [9.17, 15) is 9.59 Å². The maximum absolute atomic E-state index is 12.9. The van der Waals surface area contributed by atoms with Gasteiger partial charge in [-0.25, -0.2) is 0 Å². The van der Waals surface area contributed by atoms with Crippen LogP contribution in [0.1, 0.15) is 28.5 Å². The van der Waals surface area contributed by atoms with Gasteiger partial charge in [0.1, 0.15) is 11.4 Å². The number of amides is 1. The largest absolute Gasteiger partial charge is 0.369 e. The number of fused-ring (bicyclic) bond motifs is 2. The standard InChI is InChI=1S/C19H19N5O2/c1-2-20-17-10-13-11-24(8-7-16(13)22-23-17)19(26)14-9-12-5-3-4-6-15(12)21-18(14)25/h3-6,9-10H,2,7-8,11H2,1H3,(H,20,23)(H,21,25). The average Bonchev–Trinajstić information content (AvgIpc) is 2.66. The molecule has 0 unspecified atom stereocenters. The first-order chi connectivity index (χ1) is 12.7. The molecule has 1 aliphatic heterocycles. The van der Waals surface area contributed by atoms with Crippen LogP contribution in [0.5, 0.6) is 0 Å². The predicted molar refractivity (Wildman–Crippen MR) is 99.2 cm³/mol. The van der Waals surface area contributed by atoms with Crippen molar-refractivity contribution in [2.45, 2.75) is 19.9 Å². The minimum atomic E-state index is -0.360. The highest BCUT2D eigenvalue weighted by atomic mass is 16.2. The molecule has 3 aromatic rings. The van der Waals surface area contributed by atoms with Gasteiger partial charge in [0.2, 0.25) is 0 Å². The Labute approximate surface area is 150 Å². The van der Waals surface area contributed by atoms with Gasteiger partial charge in [-0.1, -0.05) is 18.2 Å². The number of aromatic amines is 1. The fraction of sp³-hybridized carbons (Fsp3) is 0.263. The van der Waals surface area contributed by atoms with Crippen LogP contribution in [0, 0.1) is 0 Å². The van der Waals surface area contributed by atoms with Crippen LogP contribution in [0.25, 0.3) is 10.9 Å². The summed E-state index contributed by atoms with van der Waals surface area (Å²) in [5, 5.41) is 12.4. The van der Waals surface area contributed by atoms with Crippen molar-refractivity contribution < 1.29 is 4.79 Å². The topological polar surface area (TPSA) is 91.0 Å². The fourth-order valence-electron chi connectivity index (χ4n) is 3.25. The smallest absolute Gasteiger partial charge is 0.261 e. The lowest BCUT2D eigenvalue weighted by atomic mass is 10.0. The van der Waals surface area contributed by atoms with Gasteiger partial charge in [-0.3, -0.25) is 9.59 Å². The number of pyridine rings is 1. The molecular formula is C19H19N5O2. The molecule has 1 aromatic carbocycles. The van der Waals surface area contributed by atoms with Crippen molar-refractivity contribution in [3.05, 3.63) is 63.6 Å². The lowest BCUT2D eigenvalue weighted by Crippen LogP contribution is -2.39. The molecule has 0 atom stereocenters. The third-order valence-corrected chi connectivity index (χ3v) is 4.57. The summed E-state index contributed by atoms with van der Waals surface area (Å²) in [5.41, 5.74) is 2.40. The van der Waals surface area contributed by atoms with Crippen molar-refractivity contribution in [2.75, 3.05) is 18.4 Å². The van der Waals surface area contributed by atoms with Crippen LogP contribution in [0.3, 0.4) is 0 Å². The molecule has 7 nitrogen and oxygen atoms in total. The minimum absolute atomic E-state index is 0.168. The Balaban J connectivity index is 1.64.